The molecular weight excluding hydrogens is 276 g/mol. The van der Waals surface area contributed by atoms with Crippen LogP contribution in [0.4, 0.5) is 0 Å². The van der Waals surface area contributed by atoms with Crippen molar-refractivity contribution in [3.05, 3.63) is 71.8 Å². The van der Waals surface area contributed by atoms with Gasteiger partial charge in [0.25, 0.3) is 5.91 Å². The maximum absolute atomic E-state index is 12.7. The van der Waals surface area contributed by atoms with Gasteiger partial charge in [0.05, 0.1) is 6.07 Å². The maximum Gasteiger partial charge on any atom is 0.262 e. The van der Waals surface area contributed by atoms with Gasteiger partial charge in [-0.3, -0.25) is 4.79 Å². The smallest absolute Gasteiger partial charge is 0.262 e. The highest BCUT2D eigenvalue weighted by atomic mass is 16.3. The zero-order valence-electron chi connectivity index (χ0n) is 12.4. The van der Waals surface area contributed by atoms with E-state index in [2.05, 4.69) is 5.32 Å². The average molecular weight is 294 g/mol. The summed E-state index contributed by atoms with van der Waals surface area (Å²) in [6, 6.07) is 18.8. The van der Waals surface area contributed by atoms with E-state index in [4.69, 9.17) is 5.26 Å². The highest BCUT2D eigenvalue weighted by molar-refractivity contribution is 5.90. The molecule has 2 rings (SSSR count). The van der Waals surface area contributed by atoms with Crippen molar-refractivity contribution in [2.75, 3.05) is 0 Å². The van der Waals surface area contributed by atoms with Crippen LogP contribution >= 0.6 is 0 Å². The molecule has 0 aromatic heterocycles. The second-order valence-corrected chi connectivity index (χ2v) is 5.01. The first-order chi connectivity index (χ1) is 10.6. The minimum absolute atomic E-state index is 0.464. The molecule has 0 aliphatic rings. The summed E-state index contributed by atoms with van der Waals surface area (Å²) in [4.78, 5) is 12.7. The molecule has 4 heteroatoms. The number of nitrogens with zero attached hydrogens (tertiary/aromatic N) is 1. The lowest BCUT2D eigenvalue weighted by atomic mass is 9.85. The summed E-state index contributed by atoms with van der Waals surface area (Å²) >= 11 is 0. The van der Waals surface area contributed by atoms with Gasteiger partial charge in [0.1, 0.15) is 6.04 Å². The van der Waals surface area contributed by atoms with E-state index in [9.17, 15) is 9.90 Å². The van der Waals surface area contributed by atoms with Crippen LogP contribution in [0, 0.1) is 11.3 Å². The number of nitrogens with one attached hydrogen (secondary N) is 1. The highest BCUT2D eigenvalue weighted by Crippen LogP contribution is 2.30. The molecule has 4 nitrogen and oxygen atoms in total. The molecule has 2 aromatic rings. The van der Waals surface area contributed by atoms with Crippen LogP contribution in [0.5, 0.6) is 0 Å². The fraction of sp³-hybridized carbons (Fsp3) is 0.222. The third-order valence-corrected chi connectivity index (χ3v) is 3.58. The summed E-state index contributed by atoms with van der Waals surface area (Å²) in [5.74, 6) is -0.599. The predicted octanol–water partition coefficient (Wildman–Crippen LogP) is 2.34. The van der Waals surface area contributed by atoms with E-state index < -0.39 is 17.6 Å². The number of benzene rings is 2. The zero-order chi connectivity index (χ0) is 16.0. The largest absolute Gasteiger partial charge is 0.372 e. The van der Waals surface area contributed by atoms with E-state index in [1.165, 1.54) is 0 Å². The summed E-state index contributed by atoms with van der Waals surface area (Å²) in [6.45, 7) is 1.80. The second kappa shape index (κ2) is 6.88. The second-order valence-electron chi connectivity index (χ2n) is 5.01. The molecule has 0 bridgehead atoms. The number of carbonyl (C=O) groups excluding carboxylic acids is 1. The van der Waals surface area contributed by atoms with Crippen molar-refractivity contribution in [3.63, 3.8) is 0 Å². The molecule has 1 atom stereocenters. The molecule has 0 spiro atoms. The molecule has 0 aliphatic heterocycles. The van der Waals surface area contributed by atoms with Crippen molar-refractivity contribution in [3.8, 4) is 6.07 Å². The lowest BCUT2D eigenvalue weighted by Gasteiger charge is -2.29. The quantitative estimate of drug-likeness (QED) is 0.889. The van der Waals surface area contributed by atoms with Gasteiger partial charge in [0, 0.05) is 0 Å². The number of nitriles is 1. The molecule has 0 aliphatic carbocycles. The Hall–Kier alpha value is -2.64. The van der Waals surface area contributed by atoms with Crippen molar-refractivity contribution in [1.29, 1.82) is 5.26 Å². The van der Waals surface area contributed by atoms with E-state index in [1.807, 2.05) is 18.2 Å². The number of carbonyl (C=O) groups is 1. The van der Waals surface area contributed by atoms with Gasteiger partial charge in [0.2, 0.25) is 0 Å². The van der Waals surface area contributed by atoms with Crippen molar-refractivity contribution in [2.45, 2.75) is 25.0 Å². The molecule has 0 saturated heterocycles. The van der Waals surface area contributed by atoms with Gasteiger partial charge in [-0.2, -0.15) is 5.26 Å². The molecule has 0 unspecified atom stereocenters. The van der Waals surface area contributed by atoms with Crippen molar-refractivity contribution < 1.29 is 9.90 Å². The first-order valence-corrected chi connectivity index (χ1v) is 7.17. The van der Waals surface area contributed by atoms with Gasteiger partial charge < -0.3 is 10.4 Å². The Morgan fingerprint density at radius 1 is 1.14 bits per heavy atom. The molecule has 1 amide bonds. The van der Waals surface area contributed by atoms with E-state index >= 15 is 0 Å². The lowest BCUT2D eigenvalue weighted by molar-refractivity contribution is -0.137. The average Bonchev–Trinajstić information content (AvgIpc) is 2.60. The summed E-state index contributed by atoms with van der Waals surface area (Å²) in [6.07, 6.45) is 0.474. The van der Waals surface area contributed by atoms with Crippen LogP contribution in [0.3, 0.4) is 0 Å². The fourth-order valence-corrected chi connectivity index (χ4v) is 2.28. The van der Waals surface area contributed by atoms with Gasteiger partial charge >= 0.3 is 0 Å². The Labute approximate surface area is 130 Å². The third kappa shape index (κ3) is 3.00. The molecule has 2 aromatic carbocycles. The van der Waals surface area contributed by atoms with Crippen molar-refractivity contribution in [1.82, 2.24) is 5.32 Å². The number of amides is 1. The first-order valence-electron chi connectivity index (χ1n) is 7.17. The SMILES string of the molecule is CC[C@@H](C#N)NC(=O)C(O)(c1ccccc1)c1ccccc1. The van der Waals surface area contributed by atoms with Crippen LogP contribution in [-0.2, 0) is 10.4 Å². The molecule has 2 N–H and O–H groups in total. The van der Waals surface area contributed by atoms with Crippen LogP contribution in [0.25, 0.3) is 0 Å². The fourth-order valence-electron chi connectivity index (χ4n) is 2.28. The van der Waals surface area contributed by atoms with Crippen molar-refractivity contribution >= 4 is 5.91 Å². The molecule has 0 fully saturated rings. The molecule has 22 heavy (non-hydrogen) atoms. The van der Waals surface area contributed by atoms with Gasteiger partial charge in [-0.25, -0.2) is 0 Å². The monoisotopic (exact) mass is 294 g/mol. The molecule has 0 saturated carbocycles. The summed E-state index contributed by atoms with van der Waals surface area (Å²) in [5.41, 5.74) is -0.898. The normalized spacial score (nSPS) is 12.2. The molecule has 112 valence electrons. The van der Waals surface area contributed by atoms with E-state index in [0.717, 1.165) is 0 Å². The standard InChI is InChI=1S/C18H18N2O2/c1-2-16(13-19)20-17(21)18(22,14-9-5-3-6-10-14)15-11-7-4-8-12-15/h3-12,16,22H,2H2,1H3,(H,20,21)/t16-/m0/s1. The number of hydrogen-bond donors (Lipinski definition) is 2. The van der Waals surface area contributed by atoms with Crippen LogP contribution < -0.4 is 5.32 Å². The predicted molar refractivity (Wildman–Crippen MR) is 83.7 cm³/mol. The summed E-state index contributed by atoms with van der Waals surface area (Å²) in [5, 5.41) is 22.8. The van der Waals surface area contributed by atoms with E-state index in [1.54, 1.807) is 55.5 Å². The summed E-state index contributed by atoms with van der Waals surface area (Å²) in [7, 11) is 0. The van der Waals surface area contributed by atoms with Gasteiger partial charge in [-0.15, -0.1) is 0 Å². The third-order valence-electron chi connectivity index (χ3n) is 3.58. The zero-order valence-corrected chi connectivity index (χ0v) is 12.4. The number of hydrogen-bond acceptors (Lipinski definition) is 3. The Balaban J connectivity index is 2.48. The van der Waals surface area contributed by atoms with Crippen LogP contribution in [0.2, 0.25) is 0 Å². The topological polar surface area (TPSA) is 73.1 Å². The Morgan fingerprint density at radius 3 is 1.95 bits per heavy atom. The van der Waals surface area contributed by atoms with Crippen LogP contribution in [-0.4, -0.2) is 17.1 Å². The van der Waals surface area contributed by atoms with E-state index in [-0.39, 0.29) is 0 Å². The Kier molecular flexibility index (Phi) is 4.92. The van der Waals surface area contributed by atoms with Crippen molar-refractivity contribution in [2.24, 2.45) is 0 Å². The van der Waals surface area contributed by atoms with Gasteiger partial charge in [-0.05, 0) is 17.5 Å². The van der Waals surface area contributed by atoms with Gasteiger partial charge in [0.15, 0.2) is 5.60 Å². The number of rotatable bonds is 5. The highest BCUT2D eigenvalue weighted by Gasteiger charge is 2.40. The Bertz CT molecular complexity index is 623. The molecular formula is C18H18N2O2. The Morgan fingerprint density at radius 2 is 1.59 bits per heavy atom. The lowest BCUT2D eigenvalue weighted by Crippen LogP contribution is -2.48. The van der Waals surface area contributed by atoms with Crippen LogP contribution in [0.15, 0.2) is 60.7 Å². The molecule has 0 radical (unpaired) electrons. The first kappa shape index (κ1) is 15.7. The molecule has 0 heterocycles. The van der Waals surface area contributed by atoms with E-state index in [0.29, 0.717) is 17.5 Å². The van der Waals surface area contributed by atoms with Gasteiger partial charge in [-0.1, -0.05) is 67.6 Å². The summed E-state index contributed by atoms with van der Waals surface area (Å²) < 4.78 is 0. The maximum atomic E-state index is 12.7. The van der Waals surface area contributed by atoms with Crippen LogP contribution in [0.1, 0.15) is 24.5 Å². The minimum atomic E-state index is -1.83. The number of aliphatic hydroxyl groups is 1. The minimum Gasteiger partial charge on any atom is -0.372 e.